The van der Waals surface area contributed by atoms with Crippen molar-refractivity contribution in [2.45, 2.75) is 46.1 Å². The zero-order valence-electron chi connectivity index (χ0n) is 18.6. The molecule has 4 rings (SSSR count). The fourth-order valence-electron chi connectivity index (χ4n) is 4.37. The van der Waals surface area contributed by atoms with Gasteiger partial charge in [0.15, 0.2) is 0 Å². The van der Waals surface area contributed by atoms with Crippen LogP contribution in [0, 0.1) is 22.7 Å². The van der Waals surface area contributed by atoms with Gasteiger partial charge in [-0.2, -0.15) is 10.5 Å². The first-order chi connectivity index (χ1) is 14.8. The molecule has 1 aliphatic rings. The number of anilines is 5. The highest BCUT2D eigenvalue weighted by Crippen LogP contribution is 2.52. The predicted molar refractivity (Wildman–Crippen MR) is 127 cm³/mol. The maximum Gasteiger partial charge on any atom is 0.101 e. The van der Waals surface area contributed by atoms with E-state index in [0.717, 1.165) is 34.0 Å². The van der Waals surface area contributed by atoms with Gasteiger partial charge >= 0.3 is 0 Å². The standard InChI is InChI=1S/C27H26N4/c1-18(2)30-22-10-6-8-12-24(22)31(25-13-9-7-11-23(25)30)26-15-19(16-28)21(27(3,4)5)14-20(26)17-29/h6-15,18H,1-5H3. The molecule has 0 atom stereocenters. The molecular weight excluding hydrogens is 380 g/mol. The summed E-state index contributed by atoms with van der Waals surface area (Å²) in [6.07, 6.45) is 0. The number of para-hydroxylation sites is 4. The second-order valence-electron chi connectivity index (χ2n) is 9.17. The molecule has 0 N–H and O–H groups in total. The maximum atomic E-state index is 10.1. The molecule has 154 valence electrons. The normalized spacial score (nSPS) is 12.8. The third kappa shape index (κ3) is 3.31. The van der Waals surface area contributed by atoms with Crippen LogP contribution in [0.15, 0.2) is 60.7 Å². The van der Waals surface area contributed by atoms with Gasteiger partial charge in [-0.25, -0.2) is 0 Å². The van der Waals surface area contributed by atoms with Crippen molar-refractivity contribution in [3.8, 4) is 12.1 Å². The summed E-state index contributed by atoms with van der Waals surface area (Å²) in [6.45, 7) is 10.5. The van der Waals surface area contributed by atoms with Gasteiger partial charge in [0.25, 0.3) is 0 Å². The minimum absolute atomic E-state index is 0.235. The predicted octanol–water partition coefficient (Wildman–Crippen LogP) is 7.06. The SMILES string of the molecule is CC(C)N1c2ccccc2N(c2cc(C#N)c(C(C)(C)C)cc2C#N)c2ccccc21. The number of nitriles is 2. The van der Waals surface area contributed by atoms with Gasteiger partial charge < -0.3 is 9.80 Å². The van der Waals surface area contributed by atoms with Crippen molar-refractivity contribution >= 4 is 28.4 Å². The molecular formula is C27H26N4. The lowest BCUT2D eigenvalue weighted by atomic mass is 9.82. The summed E-state index contributed by atoms with van der Waals surface area (Å²) < 4.78 is 0. The Balaban J connectivity index is 2.06. The Morgan fingerprint density at radius 2 is 1.19 bits per heavy atom. The summed E-state index contributed by atoms with van der Waals surface area (Å²) in [5, 5.41) is 20.0. The molecule has 0 amide bonds. The van der Waals surface area contributed by atoms with Gasteiger partial charge in [-0.15, -0.1) is 0 Å². The Morgan fingerprint density at radius 1 is 0.710 bits per heavy atom. The quantitative estimate of drug-likeness (QED) is 0.457. The van der Waals surface area contributed by atoms with Crippen LogP contribution in [0.1, 0.15) is 51.3 Å². The number of fused-ring (bicyclic) bond motifs is 2. The molecule has 31 heavy (non-hydrogen) atoms. The Kier molecular flexibility index (Phi) is 4.96. The van der Waals surface area contributed by atoms with Crippen LogP contribution in [0.5, 0.6) is 0 Å². The number of hydrogen-bond donors (Lipinski definition) is 0. The lowest BCUT2D eigenvalue weighted by Gasteiger charge is -2.42. The van der Waals surface area contributed by atoms with Gasteiger partial charge in [-0.3, -0.25) is 0 Å². The Morgan fingerprint density at radius 3 is 1.61 bits per heavy atom. The van der Waals surface area contributed by atoms with Crippen LogP contribution >= 0.6 is 0 Å². The van der Waals surface area contributed by atoms with Crippen molar-refractivity contribution in [1.82, 2.24) is 0 Å². The maximum absolute atomic E-state index is 10.1. The summed E-state index contributed by atoms with van der Waals surface area (Å²) in [5.41, 5.74) is 6.71. The highest BCUT2D eigenvalue weighted by molar-refractivity contribution is 5.99. The van der Waals surface area contributed by atoms with Crippen molar-refractivity contribution in [2.75, 3.05) is 9.80 Å². The first-order valence-electron chi connectivity index (χ1n) is 10.5. The van der Waals surface area contributed by atoms with E-state index in [0.29, 0.717) is 11.1 Å². The van der Waals surface area contributed by atoms with Crippen molar-refractivity contribution in [2.24, 2.45) is 0 Å². The monoisotopic (exact) mass is 406 g/mol. The van der Waals surface area contributed by atoms with Crippen LogP contribution < -0.4 is 9.80 Å². The lowest BCUT2D eigenvalue weighted by molar-refractivity contribution is 0.588. The largest absolute Gasteiger partial charge is 0.336 e. The van der Waals surface area contributed by atoms with Crippen LogP contribution in [0.4, 0.5) is 28.4 Å². The van der Waals surface area contributed by atoms with E-state index in [1.54, 1.807) is 0 Å². The van der Waals surface area contributed by atoms with E-state index in [-0.39, 0.29) is 11.5 Å². The molecule has 0 radical (unpaired) electrons. The molecule has 3 aromatic rings. The van der Waals surface area contributed by atoms with Gasteiger partial charge in [-0.05, 0) is 61.2 Å². The summed E-state index contributed by atoms with van der Waals surface area (Å²) in [5.74, 6) is 0. The smallest absolute Gasteiger partial charge is 0.101 e. The van der Waals surface area contributed by atoms with Gasteiger partial charge in [-0.1, -0.05) is 45.0 Å². The fourth-order valence-corrected chi connectivity index (χ4v) is 4.37. The topological polar surface area (TPSA) is 54.1 Å². The van der Waals surface area contributed by atoms with Crippen molar-refractivity contribution in [1.29, 1.82) is 10.5 Å². The minimum Gasteiger partial charge on any atom is -0.336 e. The highest BCUT2D eigenvalue weighted by atomic mass is 15.3. The second kappa shape index (κ2) is 7.49. The molecule has 4 nitrogen and oxygen atoms in total. The third-order valence-electron chi connectivity index (χ3n) is 5.71. The first-order valence-corrected chi connectivity index (χ1v) is 10.5. The number of rotatable bonds is 2. The molecule has 0 saturated heterocycles. The Hall–Kier alpha value is -3.76. The minimum atomic E-state index is -0.235. The summed E-state index contributed by atoms with van der Waals surface area (Å²) in [7, 11) is 0. The van der Waals surface area contributed by atoms with Gasteiger partial charge in [0.05, 0.1) is 45.6 Å². The van der Waals surface area contributed by atoms with Gasteiger partial charge in [0.1, 0.15) is 6.07 Å². The summed E-state index contributed by atoms with van der Waals surface area (Å²) in [4.78, 5) is 4.44. The summed E-state index contributed by atoms with van der Waals surface area (Å²) >= 11 is 0. The van der Waals surface area contributed by atoms with E-state index in [4.69, 9.17) is 0 Å². The van der Waals surface area contributed by atoms with Crippen LogP contribution in [0.25, 0.3) is 0 Å². The van der Waals surface area contributed by atoms with Crippen LogP contribution in [-0.4, -0.2) is 6.04 Å². The van der Waals surface area contributed by atoms with Crippen molar-refractivity contribution < 1.29 is 0 Å². The highest BCUT2D eigenvalue weighted by Gasteiger charge is 2.32. The third-order valence-corrected chi connectivity index (χ3v) is 5.71. The van der Waals surface area contributed by atoms with E-state index >= 15 is 0 Å². The molecule has 0 saturated carbocycles. The lowest BCUT2D eigenvalue weighted by Crippen LogP contribution is -2.32. The molecule has 0 aromatic heterocycles. The number of hydrogen-bond acceptors (Lipinski definition) is 4. The molecule has 1 aliphatic heterocycles. The molecule has 1 heterocycles. The zero-order valence-corrected chi connectivity index (χ0v) is 18.6. The van der Waals surface area contributed by atoms with E-state index in [9.17, 15) is 10.5 Å². The van der Waals surface area contributed by atoms with E-state index in [2.05, 4.69) is 80.8 Å². The average Bonchev–Trinajstić information content (AvgIpc) is 2.75. The van der Waals surface area contributed by atoms with Gasteiger partial charge in [0, 0.05) is 6.04 Å². The molecule has 3 aromatic carbocycles. The molecule has 0 bridgehead atoms. The first kappa shape index (κ1) is 20.5. The average molecular weight is 407 g/mol. The summed E-state index contributed by atoms with van der Waals surface area (Å²) in [6, 6.07) is 25.2. The fraction of sp³-hybridized carbons (Fsp3) is 0.259. The van der Waals surface area contributed by atoms with Crippen LogP contribution in [0.2, 0.25) is 0 Å². The van der Waals surface area contributed by atoms with Crippen LogP contribution in [-0.2, 0) is 5.41 Å². The van der Waals surface area contributed by atoms with Gasteiger partial charge in [0.2, 0.25) is 0 Å². The molecule has 0 spiro atoms. The molecule has 0 aliphatic carbocycles. The van der Waals surface area contributed by atoms with Crippen molar-refractivity contribution in [3.63, 3.8) is 0 Å². The van der Waals surface area contributed by atoms with Crippen LogP contribution in [0.3, 0.4) is 0 Å². The van der Waals surface area contributed by atoms with E-state index in [1.807, 2.05) is 36.4 Å². The number of benzene rings is 3. The molecule has 4 heteroatoms. The number of nitrogens with zero attached hydrogens (tertiary/aromatic N) is 4. The zero-order chi connectivity index (χ0) is 22.3. The Bertz CT molecular complexity index is 1190. The Labute approximate surface area is 184 Å². The van der Waals surface area contributed by atoms with E-state index < -0.39 is 0 Å². The molecule has 0 fully saturated rings. The molecule has 0 unspecified atom stereocenters. The second-order valence-corrected chi connectivity index (χ2v) is 9.17. The van der Waals surface area contributed by atoms with Crippen molar-refractivity contribution in [3.05, 3.63) is 77.4 Å². The van der Waals surface area contributed by atoms with E-state index in [1.165, 1.54) is 0 Å².